The molecule has 1 aliphatic heterocycles. The summed E-state index contributed by atoms with van der Waals surface area (Å²) in [7, 11) is -3.59. The van der Waals surface area contributed by atoms with E-state index in [1.165, 1.54) is 47.1 Å². The SMILES string of the molecule is CC1(c2ccc([C@H]3C(F)(F)[Si@]3(C)C(N)=O)cc2)CC(F)(F)c2c1cnn2-c1nccs1. The topological polar surface area (TPSA) is 73.8 Å². The van der Waals surface area contributed by atoms with E-state index < -0.39 is 42.4 Å². The van der Waals surface area contributed by atoms with Crippen LogP contribution in [0.1, 0.15) is 41.3 Å². The Labute approximate surface area is 179 Å². The van der Waals surface area contributed by atoms with E-state index in [0.29, 0.717) is 21.8 Å². The van der Waals surface area contributed by atoms with Gasteiger partial charge in [0, 0.05) is 29.0 Å². The van der Waals surface area contributed by atoms with Gasteiger partial charge in [-0.25, -0.2) is 18.4 Å². The van der Waals surface area contributed by atoms with Crippen LogP contribution in [0.4, 0.5) is 22.4 Å². The molecule has 0 bridgehead atoms. The number of benzene rings is 1. The molecule has 1 aliphatic carbocycles. The molecule has 2 aliphatic rings. The van der Waals surface area contributed by atoms with Crippen LogP contribution in [0.5, 0.6) is 0 Å². The van der Waals surface area contributed by atoms with Crippen LogP contribution >= 0.6 is 11.3 Å². The zero-order valence-electron chi connectivity index (χ0n) is 16.6. The van der Waals surface area contributed by atoms with Crippen LogP contribution < -0.4 is 5.73 Å². The zero-order valence-corrected chi connectivity index (χ0v) is 18.4. The Morgan fingerprint density at radius 3 is 2.48 bits per heavy atom. The quantitative estimate of drug-likeness (QED) is 0.448. The number of carbonyl (C=O) groups is 1. The Morgan fingerprint density at radius 2 is 1.94 bits per heavy atom. The number of hydrogen-bond donors (Lipinski definition) is 1. The molecule has 1 saturated heterocycles. The lowest BCUT2D eigenvalue weighted by Crippen LogP contribution is -2.37. The predicted molar refractivity (Wildman–Crippen MR) is 110 cm³/mol. The summed E-state index contributed by atoms with van der Waals surface area (Å²) in [4.78, 5) is 15.7. The van der Waals surface area contributed by atoms with E-state index >= 15 is 8.78 Å². The Kier molecular flexibility index (Phi) is 3.97. The first-order valence-corrected chi connectivity index (χ1v) is 13.0. The standard InChI is InChI=1S/C20H18F4N4OSSi/c1-18(10-19(21,22)14-13(18)9-27-28(14)17-26-7-8-30-17)12-5-3-11(4-6-12)15-20(23,24)31(15,2)16(25)29/h3-9,15H,10H2,1-2H3,(H2,25,29)/t15-,18?,31-/m0/s1. The third kappa shape index (κ3) is 2.50. The zero-order chi connectivity index (χ0) is 22.4. The molecule has 3 atom stereocenters. The number of hydrogen-bond acceptors (Lipinski definition) is 4. The van der Waals surface area contributed by atoms with Crippen molar-refractivity contribution in [3.63, 3.8) is 0 Å². The number of fused-ring (bicyclic) bond motifs is 1. The van der Waals surface area contributed by atoms with E-state index in [9.17, 15) is 13.6 Å². The van der Waals surface area contributed by atoms with Crippen molar-refractivity contribution in [2.75, 3.05) is 0 Å². The van der Waals surface area contributed by atoms with Crippen molar-refractivity contribution < 1.29 is 22.4 Å². The minimum atomic E-state index is -3.59. The maximum Gasteiger partial charge on any atom is 0.291 e. The number of rotatable bonds is 4. The molecule has 3 aromatic rings. The first-order valence-electron chi connectivity index (χ1n) is 9.59. The molecule has 5 nitrogen and oxygen atoms in total. The van der Waals surface area contributed by atoms with Crippen LogP contribution in [0, 0.1) is 0 Å². The van der Waals surface area contributed by atoms with Gasteiger partial charge in [-0.3, -0.25) is 4.79 Å². The van der Waals surface area contributed by atoms with Crippen LogP contribution in [0.25, 0.3) is 5.13 Å². The summed E-state index contributed by atoms with van der Waals surface area (Å²) in [5.74, 6) is -3.13. The fourth-order valence-corrected chi connectivity index (χ4v) is 8.83. The molecule has 11 heteroatoms. The van der Waals surface area contributed by atoms with Crippen molar-refractivity contribution in [2.24, 2.45) is 5.73 Å². The predicted octanol–water partition coefficient (Wildman–Crippen LogP) is 4.68. The van der Waals surface area contributed by atoms with Crippen LogP contribution in [-0.4, -0.2) is 33.9 Å². The van der Waals surface area contributed by atoms with Crippen molar-refractivity contribution in [3.8, 4) is 5.13 Å². The number of aromatic nitrogens is 3. The lowest BCUT2D eigenvalue weighted by molar-refractivity contribution is -0.0187. The maximum absolute atomic E-state index is 15.1. The van der Waals surface area contributed by atoms with Gasteiger partial charge in [-0.15, -0.1) is 11.3 Å². The van der Waals surface area contributed by atoms with Gasteiger partial charge < -0.3 is 5.73 Å². The first-order chi connectivity index (χ1) is 14.4. The molecule has 1 unspecified atom stereocenters. The Morgan fingerprint density at radius 1 is 1.26 bits per heavy atom. The lowest BCUT2D eigenvalue weighted by atomic mass is 9.78. The van der Waals surface area contributed by atoms with Gasteiger partial charge in [0.15, 0.2) is 5.53 Å². The summed E-state index contributed by atoms with van der Waals surface area (Å²) >= 11 is 1.21. The summed E-state index contributed by atoms with van der Waals surface area (Å²) in [5.41, 5.74) is 0.0582. The number of carbonyl (C=O) groups excluding carboxylic acids is 1. The van der Waals surface area contributed by atoms with E-state index in [-0.39, 0.29) is 5.69 Å². The van der Waals surface area contributed by atoms with Gasteiger partial charge in [0.1, 0.15) is 5.69 Å². The average molecular weight is 467 g/mol. The molecule has 2 N–H and O–H groups in total. The number of halogens is 4. The molecule has 31 heavy (non-hydrogen) atoms. The molecular weight excluding hydrogens is 448 g/mol. The monoisotopic (exact) mass is 466 g/mol. The third-order valence-electron chi connectivity index (χ3n) is 6.83. The van der Waals surface area contributed by atoms with Gasteiger partial charge in [0.05, 0.1) is 11.7 Å². The Bertz CT molecular complexity index is 1200. The molecule has 1 aromatic carbocycles. The number of thiazole rings is 1. The summed E-state index contributed by atoms with van der Waals surface area (Å²) < 4.78 is 60.0. The fraction of sp³-hybridized carbons (Fsp3) is 0.350. The minimum absolute atomic E-state index is 0.198. The van der Waals surface area contributed by atoms with Crippen molar-refractivity contribution in [2.45, 2.75) is 42.3 Å². The molecule has 3 heterocycles. The highest BCUT2D eigenvalue weighted by Crippen LogP contribution is 2.62. The van der Waals surface area contributed by atoms with E-state index in [0.717, 1.165) is 0 Å². The van der Waals surface area contributed by atoms with E-state index in [4.69, 9.17) is 5.73 Å². The number of nitrogens with two attached hydrogens (primary N) is 1. The van der Waals surface area contributed by atoms with E-state index in [2.05, 4.69) is 10.1 Å². The number of primary amides is 1. The Balaban J connectivity index is 1.54. The molecule has 0 saturated carbocycles. The Hall–Kier alpha value is -2.53. The lowest BCUT2D eigenvalue weighted by Gasteiger charge is -2.25. The highest BCUT2D eigenvalue weighted by atomic mass is 32.1. The molecule has 162 valence electrons. The summed E-state index contributed by atoms with van der Waals surface area (Å²) in [5, 5.41) is 6.19. The first kappa shape index (κ1) is 20.4. The fourth-order valence-electron chi connectivity index (χ4n) is 4.87. The highest BCUT2D eigenvalue weighted by molar-refractivity contribution is 7.15. The minimum Gasteiger partial charge on any atom is -0.374 e. The second-order valence-electron chi connectivity index (χ2n) is 8.59. The molecule has 0 radical (unpaired) electrons. The number of nitrogens with zero attached hydrogens (tertiary/aromatic N) is 3. The van der Waals surface area contributed by atoms with Gasteiger partial charge >= 0.3 is 0 Å². The van der Waals surface area contributed by atoms with Crippen molar-refractivity contribution in [3.05, 3.63) is 64.4 Å². The van der Waals surface area contributed by atoms with Crippen molar-refractivity contribution in [1.82, 2.24) is 14.8 Å². The summed E-state index contributed by atoms with van der Waals surface area (Å²) in [6.07, 6.45) is 2.48. The molecular formula is C20H18F4N4OSSi. The second kappa shape index (κ2) is 6.03. The normalized spacial score (nSPS) is 30.2. The van der Waals surface area contributed by atoms with Gasteiger partial charge in [-0.05, 0) is 11.1 Å². The van der Waals surface area contributed by atoms with Gasteiger partial charge in [0.2, 0.25) is 10.7 Å². The van der Waals surface area contributed by atoms with Crippen molar-refractivity contribution in [1.29, 1.82) is 0 Å². The van der Waals surface area contributed by atoms with Crippen LogP contribution in [-0.2, 0) is 11.3 Å². The van der Waals surface area contributed by atoms with E-state index in [1.54, 1.807) is 24.4 Å². The molecule has 1 amide bonds. The van der Waals surface area contributed by atoms with E-state index in [1.807, 2.05) is 0 Å². The largest absolute Gasteiger partial charge is 0.374 e. The molecule has 1 fully saturated rings. The smallest absolute Gasteiger partial charge is 0.291 e. The van der Waals surface area contributed by atoms with Gasteiger partial charge in [0.25, 0.3) is 14.0 Å². The van der Waals surface area contributed by atoms with Gasteiger partial charge in [-0.1, -0.05) is 37.7 Å². The van der Waals surface area contributed by atoms with Gasteiger partial charge in [-0.2, -0.15) is 13.9 Å². The van der Waals surface area contributed by atoms with Crippen LogP contribution in [0.15, 0.2) is 42.0 Å². The third-order valence-corrected chi connectivity index (χ3v) is 11.8. The number of alkyl halides is 4. The van der Waals surface area contributed by atoms with Crippen molar-refractivity contribution >= 4 is 24.9 Å². The molecule has 2 aromatic heterocycles. The summed E-state index contributed by atoms with van der Waals surface area (Å²) in [6.45, 7) is 2.98. The second-order valence-corrected chi connectivity index (χ2v) is 13.6. The molecule has 0 spiro atoms. The van der Waals surface area contributed by atoms with Crippen LogP contribution in [0.2, 0.25) is 6.55 Å². The summed E-state index contributed by atoms with van der Waals surface area (Å²) in [6, 6.07) is 6.18. The number of amides is 1. The highest BCUT2D eigenvalue weighted by Gasteiger charge is 2.84. The van der Waals surface area contributed by atoms with Crippen LogP contribution in [0.3, 0.4) is 0 Å². The average Bonchev–Trinajstić information content (AvgIpc) is 3.23. The molecule has 5 rings (SSSR count). The maximum atomic E-state index is 15.1.